The lowest BCUT2D eigenvalue weighted by molar-refractivity contribution is -0.384. The highest BCUT2D eigenvalue weighted by Crippen LogP contribution is 2.41. The number of non-ortho nitro benzene ring substituents is 1. The molecule has 0 spiro atoms. The van der Waals surface area contributed by atoms with Gasteiger partial charge in [0.1, 0.15) is 11.8 Å². The van der Waals surface area contributed by atoms with Gasteiger partial charge in [-0.1, -0.05) is 17.2 Å². The van der Waals surface area contributed by atoms with E-state index in [1.165, 1.54) is 17.0 Å². The number of β-lactam (4-membered cyclic amide) rings is 1. The van der Waals surface area contributed by atoms with Gasteiger partial charge in [-0.2, -0.15) is 0 Å². The maximum Gasteiger partial charge on any atom is 0.269 e. The summed E-state index contributed by atoms with van der Waals surface area (Å²) in [6.07, 6.45) is 0. The average molecular weight is 353 g/mol. The van der Waals surface area contributed by atoms with E-state index in [-0.39, 0.29) is 11.6 Å². The van der Waals surface area contributed by atoms with Crippen LogP contribution >= 0.6 is 0 Å². The monoisotopic (exact) mass is 353 g/mol. The van der Waals surface area contributed by atoms with Crippen molar-refractivity contribution in [3.63, 3.8) is 0 Å². The van der Waals surface area contributed by atoms with Gasteiger partial charge in [-0.15, -0.1) is 0 Å². The Hall–Kier alpha value is -3.58. The van der Waals surface area contributed by atoms with Gasteiger partial charge in [0.2, 0.25) is 5.91 Å². The molecule has 2 aromatic rings. The number of azide groups is 1. The average Bonchev–Trinajstić information content (AvgIpc) is 2.65. The van der Waals surface area contributed by atoms with E-state index in [0.29, 0.717) is 23.6 Å². The van der Waals surface area contributed by atoms with Gasteiger partial charge < -0.3 is 9.64 Å². The molecule has 1 fully saturated rings. The van der Waals surface area contributed by atoms with Crippen LogP contribution in [0, 0.1) is 10.1 Å². The smallest absolute Gasteiger partial charge is 0.269 e. The third-order valence-electron chi connectivity index (χ3n) is 4.12. The predicted molar refractivity (Wildman–Crippen MR) is 93.9 cm³/mol. The van der Waals surface area contributed by atoms with E-state index in [1.807, 2.05) is 6.92 Å². The molecule has 9 heteroatoms. The molecule has 1 aliphatic rings. The molecule has 2 unspecified atom stereocenters. The molecule has 0 aliphatic carbocycles. The first-order valence-electron chi connectivity index (χ1n) is 7.91. The second kappa shape index (κ2) is 7.12. The minimum atomic E-state index is -0.881. The molecule has 1 amide bonds. The molecule has 3 rings (SSSR count). The van der Waals surface area contributed by atoms with Gasteiger partial charge in [0.25, 0.3) is 5.69 Å². The van der Waals surface area contributed by atoms with E-state index >= 15 is 0 Å². The molecule has 0 bridgehead atoms. The van der Waals surface area contributed by atoms with Crippen molar-refractivity contribution in [1.29, 1.82) is 0 Å². The van der Waals surface area contributed by atoms with E-state index in [9.17, 15) is 14.9 Å². The van der Waals surface area contributed by atoms with Crippen LogP contribution in [-0.2, 0) is 4.79 Å². The fraction of sp³-hybridized carbons (Fsp3) is 0.235. The molecule has 0 aromatic heterocycles. The predicted octanol–water partition coefficient (Wildman–Crippen LogP) is 3.76. The van der Waals surface area contributed by atoms with Gasteiger partial charge in [0.05, 0.1) is 17.6 Å². The van der Waals surface area contributed by atoms with Crippen molar-refractivity contribution in [1.82, 2.24) is 0 Å². The van der Waals surface area contributed by atoms with Crippen LogP contribution in [0.4, 0.5) is 11.4 Å². The quantitative estimate of drug-likeness (QED) is 0.196. The highest BCUT2D eigenvalue weighted by atomic mass is 16.6. The topological polar surface area (TPSA) is 121 Å². The van der Waals surface area contributed by atoms with E-state index < -0.39 is 17.0 Å². The van der Waals surface area contributed by atoms with Gasteiger partial charge in [0, 0.05) is 22.7 Å². The zero-order valence-electron chi connectivity index (χ0n) is 13.8. The number of hydrogen-bond acceptors (Lipinski definition) is 5. The Morgan fingerprint density at radius 3 is 2.42 bits per heavy atom. The lowest BCUT2D eigenvalue weighted by Crippen LogP contribution is -2.58. The van der Waals surface area contributed by atoms with E-state index in [4.69, 9.17) is 10.3 Å². The Kier molecular flexibility index (Phi) is 4.72. The number of anilines is 1. The summed E-state index contributed by atoms with van der Waals surface area (Å²) >= 11 is 0. The SMILES string of the molecule is CCOc1ccc(N2C(=O)C(N=[N+]=[N-])C2c2ccc([N+](=O)[O-])cc2)cc1. The molecular weight excluding hydrogens is 338 g/mol. The highest BCUT2D eigenvalue weighted by Gasteiger charge is 2.48. The van der Waals surface area contributed by atoms with E-state index in [2.05, 4.69) is 10.0 Å². The first-order chi connectivity index (χ1) is 12.6. The van der Waals surface area contributed by atoms with Gasteiger partial charge >= 0.3 is 0 Å². The molecule has 2 atom stereocenters. The zero-order valence-corrected chi connectivity index (χ0v) is 13.8. The molecule has 1 heterocycles. The van der Waals surface area contributed by atoms with Crippen molar-refractivity contribution < 1.29 is 14.5 Å². The number of nitrogens with zero attached hydrogens (tertiary/aromatic N) is 5. The summed E-state index contributed by atoms with van der Waals surface area (Å²) < 4.78 is 5.39. The van der Waals surface area contributed by atoms with Crippen molar-refractivity contribution >= 4 is 17.3 Å². The van der Waals surface area contributed by atoms with Crippen molar-refractivity contribution in [3.8, 4) is 5.75 Å². The van der Waals surface area contributed by atoms with Crippen LogP contribution in [0.2, 0.25) is 0 Å². The molecule has 132 valence electrons. The molecule has 0 radical (unpaired) electrons. The summed E-state index contributed by atoms with van der Waals surface area (Å²) in [5.74, 6) is 0.359. The molecule has 2 aromatic carbocycles. The van der Waals surface area contributed by atoms with Crippen molar-refractivity contribution in [3.05, 3.63) is 74.7 Å². The molecule has 26 heavy (non-hydrogen) atoms. The van der Waals surface area contributed by atoms with Crippen LogP contribution in [0.25, 0.3) is 10.4 Å². The number of carbonyl (C=O) groups is 1. The Bertz CT molecular complexity index is 875. The fourth-order valence-electron chi connectivity index (χ4n) is 2.92. The number of ether oxygens (including phenoxy) is 1. The van der Waals surface area contributed by atoms with Crippen LogP contribution in [0.15, 0.2) is 53.6 Å². The normalized spacial score (nSPS) is 18.7. The molecule has 1 saturated heterocycles. The third kappa shape index (κ3) is 3.03. The van der Waals surface area contributed by atoms with Crippen LogP contribution in [-0.4, -0.2) is 23.5 Å². The number of nitro benzene ring substituents is 1. The Morgan fingerprint density at radius 2 is 1.88 bits per heavy atom. The van der Waals surface area contributed by atoms with Crippen LogP contribution in [0.1, 0.15) is 18.5 Å². The summed E-state index contributed by atoms with van der Waals surface area (Å²) in [4.78, 5) is 27.0. The molecule has 1 aliphatic heterocycles. The van der Waals surface area contributed by atoms with Gasteiger partial charge in [-0.05, 0) is 42.3 Å². The Balaban J connectivity index is 1.93. The first-order valence-corrected chi connectivity index (χ1v) is 7.91. The second-order valence-corrected chi connectivity index (χ2v) is 5.58. The number of carbonyl (C=O) groups excluding carboxylic acids is 1. The molecule has 0 saturated carbocycles. The summed E-state index contributed by atoms with van der Waals surface area (Å²) in [5.41, 5.74) is 9.97. The van der Waals surface area contributed by atoms with Crippen LogP contribution in [0.3, 0.4) is 0 Å². The Labute approximate surface area is 148 Å². The number of nitro groups is 1. The largest absolute Gasteiger partial charge is 0.494 e. The van der Waals surface area contributed by atoms with Crippen molar-refractivity contribution in [2.75, 3.05) is 11.5 Å². The highest BCUT2D eigenvalue weighted by molar-refractivity contribution is 6.06. The third-order valence-corrected chi connectivity index (χ3v) is 4.12. The lowest BCUT2D eigenvalue weighted by atomic mass is 9.88. The summed E-state index contributed by atoms with van der Waals surface area (Å²) in [5, 5.41) is 14.4. The number of benzene rings is 2. The molecule has 0 N–H and O–H groups in total. The maximum atomic E-state index is 12.4. The zero-order chi connectivity index (χ0) is 18.7. The van der Waals surface area contributed by atoms with E-state index in [0.717, 1.165) is 0 Å². The van der Waals surface area contributed by atoms with Crippen LogP contribution in [0.5, 0.6) is 5.75 Å². The first kappa shape index (κ1) is 17.2. The number of hydrogen-bond donors (Lipinski definition) is 0. The summed E-state index contributed by atoms with van der Waals surface area (Å²) in [7, 11) is 0. The van der Waals surface area contributed by atoms with Gasteiger partial charge in [0.15, 0.2) is 0 Å². The summed E-state index contributed by atoms with van der Waals surface area (Å²) in [6.45, 7) is 2.41. The molecular formula is C17H15N5O4. The van der Waals surface area contributed by atoms with Gasteiger partial charge in [-0.25, -0.2) is 0 Å². The van der Waals surface area contributed by atoms with Crippen LogP contribution < -0.4 is 9.64 Å². The fourth-order valence-corrected chi connectivity index (χ4v) is 2.92. The second-order valence-electron chi connectivity index (χ2n) is 5.58. The standard InChI is InChI=1S/C17H15N5O4/c1-2-26-14-9-7-12(8-10-14)21-16(15(17(21)23)19-20-18)11-3-5-13(6-4-11)22(24)25/h3-10,15-16H,2H2,1H3. The number of amides is 1. The molecule has 9 nitrogen and oxygen atoms in total. The lowest BCUT2D eigenvalue weighted by Gasteiger charge is -2.45. The Morgan fingerprint density at radius 1 is 1.23 bits per heavy atom. The summed E-state index contributed by atoms with van der Waals surface area (Å²) in [6, 6.07) is 11.4. The minimum absolute atomic E-state index is 0.0487. The minimum Gasteiger partial charge on any atom is -0.494 e. The van der Waals surface area contributed by atoms with E-state index in [1.54, 1.807) is 36.4 Å². The number of rotatable bonds is 6. The van der Waals surface area contributed by atoms with Crippen molar-refractivity contribution in [2.24, 2.45) is 5.11 Å². The van der Waals surface area contributed by atoms with Gasteiger partial charge in [-0.3, -0.25) is 14.9 Å². The van der Waals surface area contributed by atoms with Crippen molar-refractivity contribution in [2.45, 2.75) is 19.0 Å². The maximum absolute atomic E-state index is 12.4.